The Labute approximate surface area is 172 Å². The molecule has 2 aromatic carbocycles. The third-order valence-electron chi connectivity index (χ3n) is 4.77. The number of hydrogen-bond donors (Lipinski definition) is 1. The highest BCUT2D eigenvalue weighted by Gasteiger charge is 2.13. The summed E-state index contributed by atoms with van der Waals surface area (Å²) >= 11 is 3.09. The second-order valence-corrected chi connectivity index (χ2v) is 9.08. The van der Waals surface area contributed by atoms with Gasteiger partial charge >= 0.3 is 0 Å². The number of nitrogens with one attached hydrogen (secondary N) is 1. The first-order chi connectivity index (χ1) is 13.5. The third kappa shape index (κ3) is 3.91. The van der Waals surface area contributed by atoms with E-state index in [2.05, 4.69) is 74.3 Å². The van der Waals surface area contributed by atoms with Crippen LogP contribution in [0.3, 0.4) is 0 Å². The molecule has 2 heterocycles. The summed E-state index contributed by atoms with van der Waals surface area (Å²) in [5, 5.41) is 3.39. The molecule has 0 amide bonds. The van der Waals surface area contributed by atoms with E-state index in [0.29, 0.717) is 16.5 Å². The highest BCUT2D eigenvalue weighted by Crippen LogP contribution is 2.32. The lowest BCUT2D eigenvalue weighted by atomic mass is 9.99. The van der Waals surface area contributed by atoms with Crippen LogP contribution in [0.4, 0.5) is 0 Å². The minimum absolute atomic E-state index is 0.0686. The van der Waals surface area contributed by atoms with Gasteiger partial charge in [0.1, 0.15) is 4.83 Å². The van der Waals surface area contributed by atoms with Crippen LogP contribution in [0, 0.1) is 6.92 Å². The molecule has 0 aliphatic carbocycles. The monoisotopic (exact) mass is 406 g/mol. The average Bonchev–Trinajstić information content (AvgIpc) is 3.11. The molecule has 4 aromatic rings. The topological polar surface area (TPSA) is 45.8 Å². The molecule has 0 unspecified atom stereocenters. The molecule has 0 bridgehead atoms. The summed E-state index contributed by atoms with van der Waals surface area (Å²) in [5.41, 5.74) is 5.71. The number of fused-ring (bicyclic) bond motifs is 1. The van der Waals surface area contributed by atoms with Gasteiger partial charge in [0.2, 0.25) is 0 Å². The van der Waals surface area contributed by atoms with Gasteiger partial charge in [-0.15, -0.1) is 11.3 Å². The van der Waals surface area contributed by atoms with Gasteiger partial charge in [0.05, 0.1) is 5.39 Å². The van der Waals surface area contributed by atoms with Crippen molar-refractivity contribution in [2.24, 2.45) is 0 Å². The molecule has 4 rings (SSSR count). The van der Waals surface area contributed by atoms with Gasteiger partial charge in [-0.2, -0.15) is 0 Å². The first-order valence-electron chi connectivity index (χ1n) is 9.31. The van der Waals surface area contributed by atoms with Gasteiger partial charge in [0, 0.05) is 16.7 Å². The predicted octanol–water partition coefficient (Wildman–Crippen LogP) is 6.38. The van der Waals surface area contributed by atoms with Crippen molar-refractivity contribution in [2.75, 3.05) is 0 Å². The number of aromatic nitrogens is 2. The first-order valence-corrected chi connectivity index (χ1v) is 11.2. The number of thioether (sulfide) groups is 1. The van der Waals surface area contributed by atoms with Crippen molar-refractivity contribution in [3.63, 3.8) is 0 Å². The average molecular weight is 407 g/mol. The Hall–Kier alpha value is -2.37. The third-order valence-corrected chi connectivity index (χ3v) is 6.59. The number of aromatic amines is 1. The Morgan fingerprint density at radius 3 is 2.64 bits per heavy atom. The molecule has 0 radical (unpaired) electrons. The zero-order chi connectivity index (χ0) is 19.7. The van der Waals surface area contributed by atoms with Crippen molar-refractivity contribution in [1.29, 1.82) is 0 Å². The predicted molar refractivity (Wildman–Crippen MR) is 121 cm³/mol. The summed E-state index contributed by atoms with van der Waals surface area (Å²) in [6.07, 6.45) is 0. The van der Waals surface area contributed by atoms with Gasteiger partial charge in [-0.05, 0) is 29.5 Å². The van der Waals surface area contributed by atoms with E-state index in [-0.39, 0.29) is 5.56 Å². The quantitative estimate of drug-likeness (QED) is 0.309. The fourth-order valence-electron chi connectivity index (χ4n) is 3.21. The Morgan fingerprint density at radius 2 is 1.93 bits per heavy atom. The van der Waals surface area contributed by atoms with E-state index in [0.717, 1.165) is 21.7 Å². The lowest BCUT2D eigenvalue weighted by Crippen LogP contribution is -2.08. The lowest BCUT2D eigenvalue weighted by Gasteiger charge is -2.06. The molecule has 0 aliphatic heterocycles. The zero-order valence-corrected chi connectivity index (χ0v) is 17.8. The van der Waals surface area contributed by atoms with Gasteiger partial charge in [0.25, 0.3) is 5.56 Å². The molecule has 0 atom stereocenters. The Bertz CT molecular complexity index is 1170. The van der Waals surface area contributed by atoms with Crippen LogP contribution in [-0.2, 0) is 5.75 Å². The van der Waals surface area contributed by atoms with E-state index < -0.39 is 0 Å². The number of aryl methyl sites for hydroxylation is 1. The van der Waals surface area contributed by atoms with Gasteiger partial charge < -0.3 is 4.98 Å². The summed E-state index contributed by atoms with van der Waals surface area (Å²) in [7, 11) is 0. The minimum atomic E-state index is -0.0686. The van der Waals surface area contributed by atoms with Crippen LogP contribution in [0.25, 0.3) is 21.3 Å². The molecule has 0 fully saturated rings. The molecule has 0 spiro atoms. The fraction of sp³-hybridized carbons (Fsp3) is 0.217. The summed E-state index contributed by atoms with van der Waals surface area (Å²) in [4.78, 5) is 21.2. The SMILES string of the molecule is Cc1cccc(CSc2nc3scc(-c4ccc(C(C)C)cc4)c3c(=O)[nH]2)c1. The Morgan fingerprint density at radius 1 is 1.14 bits per heavy atom. The van der Waals surface area contributed by atoms with Gasteiger partial charge in [-0.1, -0.05) is 79.7 Å². The summed E-state index contributed by atoms with van der Waals surface area (Å²) in [5.74, 6) is 1.27. The highest BCUT2D eigenvalue weighted by atomic mass is 32.2. The maximum absolute atomic E-state index is 12.8. The molecule has 5 heteroatoms. The smallest absolute Gasteiger partial charge is 0.260 e. The minimum Gasteiger partial charge on any atom is -0.301 e. The standard InChI is InChI=1S/C23H22N2OS2/c1-14(2)17-7-9-18(10-8-17)19-13-27-22-20(19)21(26)24-23(25-22)28-12-16-6-4-5-15(3)11-16/h4-11,13-14H,12H2,1-3H3,(H,24,25,26). The molecular formula is C23H22N2OS2. The van der Waals surface area contributed by atoms with Crippen molar-refractivity contribution >= 4 is 33.3 Å². The number of rotatable bonds is 5. The van der Waals surface area contributed by atoms with E-state index in [1.54, 1.807) is 11.8 Å². The largest absolute Gasteiger partial charge is 0.301 e. The fourth-order valence-corrected chi connectivity index (χ4v) is 5.02. The Balaban J connectivity index is 1.63. The van der Waals surface area contributed by atoms with Crippen LogP contribution in [0.5, 0.6) is 0 Å². The van der Waals surface area contributed by atoms with Gasteiger partial charge in [-0.3, -0.25) is 4.79 Å². The van der Waals surface area contributed by atoms with Crippen LogP contribution in [0.2, 0.25) is 0 Å². The van der Waals surface area contributed by atoms with Crippen LogP contribution in [0.15, 0.2) is 63.9 Å². The summed E-state index contributed by atoms with van der Waals surface area (Å²) < 4.78 is 0. The molecule has 1 N–H and O–H groups in total. The van der Waals surface area contributed by atoms with Crippen molar-refractivity contribution < 1.29 is 0 Å². The summed E-state index contributed by atoms with van der Waals surface area (Å²) in [6.45, 7) is 6.44. The van der Waals surface area contributed by atoms with E-state index in [1.165, 1.54) is 28.0 Å². The molecule has 0 aliphatic rings. The Kier molecular flexibility index (Phi) is 5.38. The van der Waals surface area contributed by atoms with Crippen molar-refractivity contribution in [3.05, 3.63) is 81.0 Å². The number of H-pyrrole nitrogens is 1. The van der Waals surface area contributed by atoms with Crippen LogP contribution >= 0.6 is 23.1 Å². The van der Waals surface area contributed by atoms with Crippen molar-refractivity contribution in [2.45, 2.75) is 37.6 Å². The number of hydrogen-bond acceptors (Lipinski definition) is 4. The molecule has 142 valence electrons. The van der Waals surface area contributed by atoms with Gasteiger partial charge in [-0.25, -0.2) is 4.98 Å². The molecule has 0 saturated carbocycles. The van der Waals surface area contributed by atoms with Crippen LogP contribution in [-0.4, -0.2) is 9.97 Å². The van der Waals surface area contributed by atoms with Crippen molar-refractivity contribution in [1.82, 2.24) is 9.97 Å². The molecular weight excluding hydrogens is 384 g/mol. The highest BCUT2D eigenvalue weighted by molar-refractivity contribution is 7.98. The number of nitrogens with zero attached hydrogens (tertiary/aromatic N) is 1. The first kappa shape index (κ1) is 19.0. The molecule has 2 aromatic heterocycles. The number of thiophene rings is 1. The van der Waals surface area contributed by atoms with E-state index in [9.17, 15) is 4.79 Å². The second-order valence-electron chi connectivity index (χ2n) is 7.26. The van der Waals surface area contributed by atoms with Crippen LogP contribution < -0.4 is 5.56 Å². The normalized spacial score (nSPS) is 11.4. The second kappa shape index (κ2) is 7.94. The van der Waals surface area contributed by atoms with E-state index >= 15 is 0 Å². The zero-order valence-electron chi connectivity index (χ0n) is 16.2. The maximum atomic E-state index is 12.8. The maximum Gasteiger partial charge on any atom is 0.260 e. The van der Waals surface area contributed by atoms with E-state index in [1.807, 2.05) is 5.38 Å². The summed E-state index contributed by atoms with van der Waals surface area (Å²) in [6, 6.07) is 16.9. The molecule has 28 heavy (non-hydrogen) atoms. The number of benzene rings is 2. The van der Waals surface area contributed by atoms with Crippen LogP contribution in [0.1, 0.15) is 36.5 Å². The van der Waals surface area contributed by atoms with E-state index in [4.69, 9.17) is 4.98 Å². The lowest BCUT2D eigenvalue weighted by molar-refractivity contribution is 0.867. The molecule has 3 nitrogen and oxygen atoms in total. The van der Waals surface area contributed by atoms with Crippen molar-refractivity contribution in [3.8, 4) is 11.1 Å². The van der Waals surface area contributed by atoms with Gasteiger partial charge in [0.15, 0.2) is 5.16 Å². The molecule has 0 saturated heterocycles.